The highest BCUT2D eigenvalue weighted by atomic mass is 32.2. The average Bonchev–Trinajstić information content (AvgIpc) is 2.81. The van der Waals surface area contributed by atoms with Crippen LogP contribution in [0.4, 0.5) is 5.82 Å². The molecule has 0 bridgehead atoms. The molecule has 7 heteroatoms. The van der Waals surface area contributed by atoms with Crippen LogP contribution < -0.4 is 9.62 Å². The van der Waals surface area contributed by atoms with Gasteiger partial charge in [-0.25, -0.2) is 18.1 Å². The van der Waals surface area contributed by atoms with E-state index in [4.69, 9.17) is 0 Å². The Morgan fingerprint density at radius 2 is 2.30 bits per heavy atom. The van der Waals surface area contributed by atoms with E-state index < -0.39 is 15.6 Å². The molecule has 0 spiro atoms. The molecule has 1 aliphatic rings. The standard InChI is InChI=1S/C13H21N3O3S/c1-2-9-20(18,19)15-10-13(17)6-8-16(11-13)12-5-3-4-7-14-12/h3-5,7,15,17H,2,6,8-11H2,1H3/t13-/m1/s1. The summed E-state index contributed by atoms with van der Waals surface area (Å²) in [5.74, 6) is 0.896. The van der Waals surface area contributed by atoms with Gasteiger partial charge in [-0.3, -0.25) is 0 Å². The van der Waals surface area contributed by atoms with Gasteiger partial charge in [-0.2, -0.15) is 0 Å². The molecule has 2 N–H and O–H groups in total. The molecule has 0 unspecified atom stereocenters. The number of nitrogens with one attached hydrogen (secondary N) is 1. The molecule has 0 aliphatic carbocycles. The maximum atomic E-state index is 11.6. The number of aromatic nitrogens is 1. The number of anilines is 1. The predicted octanol–water partition coefficient (Wildman–Crippen LogP) is 0.352. The molecule has 1 atom stereocenters. The van der Waals surface area contributed by atoms with Crippen molar-refractivity contribution in [2.24, 2.45) is 0 Å². The summed E-state index contributed by atoms with van der Waals surface area (Å²) >= 11 is 0. The van der Waals surface area contributed by atoms with Crippen molar-refractivity contribution in [3.05, 3.63) is 24.4 Å². The predicted molar refractivity (Wildman–Crippen MR) is 78.1 cm³/mol. The fourth-order valence-corrected chi connectivity index (χ4v) is 3.49. The summed E-state index contributed by atoms with van der Waals surface area (Å²) in [7, 11) is -3.28. The summed E-state index contributed by atoms with van der Waals surface area (Å²) in [5, 5.41) is 10.5. The number of pyridine rings is 1. The first-order chi connectivity index (χ1) is 9.44. The lowest BCUT2D eigenvalue weighted by Gasteiger charge is -2.24. The third-order valence-electron chi connectivity index (χ3n) is 3.40. The smallest absolute Gasteiger partial charge is 0.211 e. The fraction of sp³-hybridized carbons (Fsp3) is 0.615. The second-order valence-electron chi connectivity index (χ2n) is 5.22. The zero-order valence-corrected chi connectivity index (χ0v) is 12.4. The Labute approximate surface area is 119 Å². The number of rotatable bonds is 6. The number of aliphatic hydroxyl groups is 1. The highest BCUT2D eigenvalue weighted by Gasteiger charge is 2.37. The summed E-state index contributed by atoms with van der Waals surface area (Å²) < 4.78 is 25.8. The third-order valence-corrected chi connectivity index (χ3v) is 4.93. The molecule has 0 amide bonds. The van der Waals surface area contributed by atoms with Crippen LogP contribution in [0.25, 0.3) is 0 Å². The molecule has 1 aromatic heterocycles. The van der Waals surface area contributed by atoms with Gasteiger partial charge < -0.3 is 10.0 Å². The molecule has 6 nitrogen and oxygen atoms in total. The monoisotopic (exact) mass is 299 g/mol. The average molecular weight is 299 g/mol. The van der Waals surface area contributed by atoms with Gasteiger partial charge in [0.1, 0.15) is 5.82 Å². The van der Waals surface area contributed by atoms with Crippen molar-refractivity contribution in [2.45, 2.75) is 25.4 Å². The number of hydrogen-bond acceptors (Lipinski definition) is 5. The van der Waals surface area contributed by atoms with Crippen molar-refractivity contribution in [1.82, 2.24) is 9.71 Å². The van der Waals surface area contributed by atoms with Gasteiger partial charge in [0.2, 0.25) is 10.0 Å². The Bertz CT molecular complexity index is 535. The first-order valence-corrected chi connectivity index (χ1v) is 8.45. The quantitative estimate of drug-likeness (QED) is 0.792. The normalized spacial score (nSPS) is 23.2. The summed E-state index contributed by atoms with van der Waals surface area (Å²) in [5.41, 5.74) is -1.03. The Morgan fingerprint density at radius 3 is 2.95 bits per heavy atom. The molecule has 1 aliphatic heterocycles. The van der Waals surface area contributed by atoms with Crippen molar-refractivity contribution in [2.75, 3.05) is 30.3 Å². The topological polar surface area (TPSA) is 82.5 Å². The van der Waals surface area contributed by atoms with E-state index >= 15 is 0 Å². The molecule has 0 saturated carbocycles. The van der Waals surface area contributed by atoms with Crippen molar-refractivity contribution in [1.29, 1.82) is 0 Å². The van der Waals surface area contributed by atoms with E-state index in [-0.39, 0.29) is 12.3 Å². The van der Waals surface area contributed by atoms with E-state index in [1.54, 1.807) is 6.20 Å². The second-order valence-corrected chi connectivity index (χ2v) is 7.15. The molecule has 1 saturated heterocycles. The van der Waals surface area contributed by atoms with Gasteiger partial charge in [0.05, 0.1) is 11.4 Å². The number of sulfonamides is 1. The summed E-state index contributed by atoms with van der Waals surface area (Å²) in [6.45, 7) is 2.92. The minimum atomic E-state index is -3.28. The highest BCUT2D eigenvalue weighted by Crippen LogP contribution is 2.24. The van der Waals surface area contributed by atoms with Crippen LogP contribution in [0.5, 0.6) is 0 Å². The maximum absolute atomic E-state index is 11.6. The maximum Gasteiger partial charge on any atom is 0.211 e. The highest BCUT2D eigenvalue weighted by molar-refractivity contribution is 7.89. The van der Waals surface area contributed by atoms with Crippen molar-refractivity contribution in [3.63, 3.8) is 0 Å². The molecule has 0 aromatic carbocycles. The zero-order valence-electron chi connectivity index (χ0n) is 11.6. The van der Waals surface area contributed by atoms with Crippen LogP contribution in [-0.4, -0.2) is 49.5 Å². The van der Waals surface area contributed by atoms with Crippen LogP contribution in [0.3, 0.4) is 0 Å². The molecule has 20 heavy (non-hydrogen) atoms. The molecular weight excluding hydrogens is 278 g/mol. The van der Waals surface area contributed by atoms with Crippen LogP contribution in [0.2, 0.25) is 0 Å². The van der Waals surface area contributed by atoms with Gasteiger partial charge in [0.25, 0.3) is 0 Å². The van der Waals surface area contributed by atoms with Crippen molar-refractivity contribution in [3.8, 4) is 0 Å². The molecule has 2 rings (SSSR count). The number of nitrogens with zero attached hydrogens (tertiary/aromatic N) is 2. The lowest BCUT2D eigenvalue weighted by Crippen LogP contribution is -2.45. The lowest BCUT2D eigenvalue weighted by molar-refractivity contribution is 0.0685. The van der Waals surface area contributed by atoms with Gasteiger partial charge in [-0.05, 0) is 25.0 Å². The van der Waals surface area contributed by atoms with Crippen LogP contribution in [-0.2, 0) is 10.0 Å². The van der Waals surface area contributed by atoms with Gasteiger partial charge in [-0.1, -0.05) is 13.0 Å². The number of hydrogen-bond donors (Lipinski definition) is 2. The minimum absolute atomic E-state index is 0.0542. The summed E-state index contributed by atoms with van der Waals surface area (Å²) in [6, 6.07) is 5.61. The molecule has 0 radical (unpaired) electrons. The minimum Gasteiger partial charge on any atom is -0.387 e. The van der Waals surface area contributed by atoms with E-state index in [0.717, 1.165) is 5.82 Å². The lowest BCUT2D eigenvalue weighted by atomic mass is 10.0. The van der Waals surface area contributed by atoms with E-state index in [2.05, 4.69) is 9.71 Å². The van der Waals surface area contributed by atoms with Gasteiger partial charge in [0.15, 0.2) is 0 Å². The second kappa shape index (κ2) is 6.07. The van der Waals surface area contributed by atoms with Crippen LogP contribution in [0.15, 0.2) is 24.4 Å². The molecule has 2 heterocycles. The van der Waals surface area contributed by atoms with Crippen molar-refractivity contribution >= 4 is 15.8 Å². The fourth-order valence-electron chi connectivity index (χ4n) is 2.32. The van der Waals surface area contributed by atoms with Gasteiger partial charge in [0, 0.05) is 25.8 Å². The SMILES string of the molecule is CCCS(=O)(=O)NC[C@]1(O)CCN(c2ccccn2)C1. The molecule has 1 fully saturated rings. The van der Waals surface area contributed by atoms with Gasteiger partial charge in [-0.15, -0.1) is 0 Å². The first kappa shape index (κ1) is 15.2. The van der Waals surface area contributed by atoms with Crippen molar-refractivity contribution < 1.29 is 13.5 Å². The van der Waals surface area contributed by atoms with Crippen LogP contribution in [0.1, 0.15) is 19.8 Å². The Kier molecular flexibility index (Phi) is 4.62. The van der Waals surface area contributed by atoms with E-state index in [0.29, 0.717) is 25.9 Å². The number of β-amino-alcohol motifs (C(OH)–C–C–N with tert-alkyl or cyclic N) is 1. The Hall–Kier alpha value is -1.18. The van der Waals surface area contributed by atoms with E-state index in [1.807, 2.05) is 30.0 Å². The largest absolute Gasteiger partial charge is 0.387 e. The van der Waals surface area contributed by atoms with Gasteiger partial charge >= 0.3 is 0 Å². The molecular formula is C13H21N3O3S. The Morgan fingerprint density at radius 1 is 1.50 bits per heavy atom. The Balaban J connectivity index is 1.94. The first-order valence-electron chi connectivity index (χ1n) is 6.80. The van der Waals surface area contributed by atoms with Crippen LogP contribution in [0, 0.1) is 0 Å². The summed E-state index contributed by atoms with van der Waals surface area (Å²) in [6.07, 6.45) is 2.79. The molecule has 1 aromatic rings. The zero-order chi connectivity index (χ0) is 14.6. The van der Waals surface area contributed by atoms with Crippen LogP contribution >= 0.6 is 0 Å². The van der Waals surface area contributed by atoms with E-state index in [1.165, 1.54) is 0 Å². The molecule has 112 valence electrons. The third kappa shape index (κ3) is 3.91. The van der Waals surface area contributed by atoms with E-state index in [9.17, 15) is 13.5 Å². The summed E-state index contributed by atoms with van der Waals surface area (Å²) in [4.78, 5) is 6.21.